The first kappa shape index (κ1) is 9.80. The maximum Gasteiger partial charge on any atom is 0.0417 e. The van der Waals surface area contributed by atoms with Crippen LogP contribution >= 0.6 is 23.4 Å². The Morgan fingerprint density at radius 2 is 2.13 bits per heavy atom. The van der Waals surface area contributed by atoms with Crippen LogP contribution in [0.15, 0.2) is 41.3 Å². The molecule has 2 heteroatoms. The molecule has 0 saturated heterocycles. The first-order chi connectivity index (χ1) is 7.31. The molecule has 1 saturated carbocycles. The Morgan fingerprint density at radius 1 is 1.20 bits per heavy atom. The molecular weight excluding hydrogens is 224 g/mol. The van der Waals surface area contributed by atoms with Crippen LogP contribution in [0.2, 0.25) is 5.02 Å². The molecular formula is C13H13ClS. The standard InChI is InChI=1S/C13H13ClS/c14-11-2-1-3-12(8-11)15-13-7-9-4-5-10(13)6-9/h1-5,8-10,13H,6-7H2/t9-,10+,13-/m1/s1. The van der Waals surface area contributed by atoms with Crippen molar-refractivity contribution in [2.45, 2.75) is 23.0 Å². The molecule has 2 aliphatic rings. The van der Waals surface area contributed by atoms with Gasteiger partial charge in [-0.05, 0) is 42.9 Å². The van der Waals surface area contributed by atoms with Crippen LogP contribution in [0.3, 0.4) is 0 Å². The number of fused-ring (bicyclic) bond motifs is 2. The van der Waals surface area contributed by atoms with Gasteiger partial charge < -0.3 is 0 Å². The van der Waals surface area contributed by atoms with Crippen molar-refractivity contribution in [1.29, 1.82) is 0 Å². The predicted molar refractivity (Wildman–Crippen MR) is 66.5 cm³/mol. The SMILES string of the molecule is Clc1cccc(S[C@@H]2C[C@@H]3C=C[C@H]2C3)c1. The number of allylic oxidation sites excluding steroid dienone is 2. The van der Waals surface area contributed by atoms with Gasteiger partial charge in [-0.25, -0.2) is 0 Å². The van der Waals surface area contributed by atoms with Crippen molar-refractivity contribution in [2.24, 2.45) is 11.8 Å². The van der Waals surface area contributed by atoms with E-state index >= 15 is 0 Å². The van der Waals surface area contributed by atoms with Gasteiger partial charge in [0.2, 0.25) is 0 Å². The number of rotatable bonds is 2. The highest BCUT2D eigenvalue weighted by molar-refractivity contribution is 8.00. The van der Waals surface area contributed by atoms with Gasteiger partial charge in [0.05, 0.1) is 0 Å². The second kappa shape index (κ2) is 3.88. The van der Waals surface area contributed by atoms with Crippen LogP contribution in [0.1, 0.15) is 12.8 Å². The summed E-state index contributed by atoms with van der Waals surface area (Å²) in [5, 5.41) is 1.62. The molecule has 15 heavy (non-hydrogen) atoms. The molecule has 0 unspecified atom stereocenters. The topological polar surface area (TPSA) is 0 Å². The van der Waals surface area contributed by atoms with Gasteiger partial charge in [-0.15, -0.1) is 11.8 Å². The lowest BCUT2D eigenvalue weighted by Crippen LogP contribution is -2.08. The van der Waals surface area contributed by atoms with Crippen molar-refractivity contribution in [1.82, 2.24) is 0 Å². The summed E-state index contributed by atoms with van der Waals surface area (Å²) in [7, 11) is 0. The molecule has 2 bridgehead atoms. The van der Waals surface area contributed by atoms with Crippen molar-refractivity contribution in [3.05, 3.63) is 41.4 Å². The van der Waals surface area contributed by atoms with Crippen LogP contribution in [-0.4, -0.2) is 5.25 Å². The minimum absolute atomic E-state index is 0.776. The first-order valence-corrected chi connectivity index (χ1v) is 6.67. The highest BCUT2D eigenvalue weighted by Crippen LogP contribution is 2.47. The zero-order chi connectivity index (χ0) is 10.3. The predicted octanol–water partition coefficient (Wildman–Crippen LogP) is 4.40. The summed E-state index contributed by atoms with van der Waals surface area (Å²) in [6.07, 6.45) is 7.51. The van der Waals surface area contributed by atoms with Gasteiger partial charge >= 0.3 is 0 Å². The second-order valence-corrected chi connectivity index (χ2v) is 6.14. The first-order valence-electron chi connectivity index (χ1n) is 5.42. The van der Waals surface area contributed by atoms with Crippen LogP contribution in [0, 0.1) is 11.8 Å². The average Bonchev–Trinajstić information content (AvgIpc) is 2.79. The number of benzene rings is 1. The van der Waals surface area contributed by atoms with Crippen LogP contribution < -0.4 is 0 Å². The highest BCUT2D eigenvalue weighted by Gasteiger charge is 2.35. The monoisotopic (exact) mass is 236 g/mol. The fraction of sp³-hybridized carbons (Fsp3) is 0.385. The summed E-state index contributed by atoms with van der Waals surface area (Å²) < 4.78 is 0. The molecule has 0 aliphatic heterocycles. The van der Waals surface area contributed by atoms with Gasteiger partial charge in [0, 0.05) is 15.2 Å². The van der Waals surface area contributed by atoms with E-state index in [0.29, 0.717) is 0 Å². The lowest BCUT2D eigenvalue weighted by atomic mass is 10.1. The average molecular weight is 237 g/mol. The van der Waals surface area contributed by atoms with E-state index in [0.717, 1.165) is 22.1 Å². The zero-order valence-electron chi connectivity index (χ0n) is 8.40. The van der Waals surface area contributed by atoms with E-state index in [4.69, 9.17) is 11.6 Å². The summed E-state index contributed by atoms with van der Waals surface area (Å²) in [4.78, 5) is 1.31. The fourth-order valence-corrected chi connectivity index (χ4v) is 4.26. The van der Waals surface area contributed by atoms with Gasteiger partial charge in [-0.3, -0.25) is 0 Å². The second-order valence-electron chi connectivity index (χ2n) is 4.39. The van der Waals surface area contributed by atoms with Crippen molar-refractivity contribution < 1.29 is 0 Å². The van der Waals surface area contributed by atoms with Crippen LogP contribution in [-0.2, 0) is 0 Å². The summed E-state index contributed by atoms with van der Waals surface area (Å²) in [6, 6.07) is 8.20. The number of halogens is 1. The van der Waals surface area contributed by atoms with Gasteiger partial charge in [-0.2, -0.15) is 0 Å². The lowest BCUT2D eigenvalue weighted by molar-refractivity contribution is 0.692. The Balaban J connectivity index is 1.73. The minimum atomic E-state index is 0.776. The summed E-state index contributed by atoms with van der Waals surface area (Å²) >= 11 is 7.97. The summed E-state index contributed by atoms with van der Waals surface area (Å²) in [6.45, 7) is 0. The lowest BCUT2D eigenvalue weighted by Gasteiger charge is -2.17. The van der Waals surface area contributed by atoms with E-state index < -0.39 is 0 Å². The number of hydrogen-bond acceptors (Lipinski definition) is 1. The Labute approximate surface area is 99.7 Å². The smallest absolute Gasteiger partial charge is 0.0417 e. The van der Waals surface area contributed by atoms with Crippen LogP contribution in [0.4, 0.5) is 0 Å². The molecule has 0 nitrogen and oxygen atoms in total. The van der Waals surface area contributed by atoms with Crippen LogP contribution in [0.5, 0.6) is 0 Å². The van der Waals surface area contributed by atoms with E-state index in [2.05, 4.69) is 24.3 Å². The maximum atomic E-state index is 5.98. The molecule has 2 aliphatic carbocycles. The Hall–Kier alpha value is -0.400. The van der Waals surface area contributed by atoms with E-state index in [9.17, 15) is 0 Å². The third-order valence-corrected chi connectivity index (χ3v) is 4.91. The van der Waals surface area contributed by atoms with E-state index in [1.807, 2.05) is 23.9 Å². The third-order valence-electron chi connectivity index (χ3n) is 3.30. The third kappa shape index (κ3) is 1.95. The van der Waals surface area contributed by atoms with Gasteiger partial charge in [0.1, 0.15) is 0 Å². The van der Waals surface area contributed by atoms with Crippen molar-refractivity contribution in [2.75, 3.05) is 0 Å². The molecule has 0 heterocycles. The number of thioether (sulfide) groups is 1. The molecule has 0 aromatic heterocycles. The fourth-order valence-electron chi connectivity index (χ4n) is 2.58. The molecule has 1 aromatic rings. The van der Waals surface area contributed by atoms with Crippen molar-refractivity contribution >= 4 is 23.4 Å². The molecule has 1 fully saturated rings. The van der Waals surface area contributed by atoms with Crippen molar-refractivity contribution in [3.63, 3.8) is 0 Å². The van der Waals surface area contributed by atoms with Gasteiger partial charge in [-0.1, -0.05) is 29.8 Å². The number of hydrogen-bond donors (Lipinski definition) is 0. The van der Waals surface area contributed by atoms with Crippen LogP contribution in [0.25, 0.3) is 0 Å². The van der Waals surface area contributed by atoms with E-state index in [1.54, 1.807) is 0 Å². The molecule has 78 valence electrons. The maximum absolute atomic E-state index is 5.98. The Morgan fingerprint density at radius 3 is 2.80 bits per heavy atom. The molecule has 1 aromatic carbocycles. The van der Waals surface area contributed by atoms with Crippen molar-refractivity contribution in [3.8, 4) is 0 Å². The normalized spacial score (nSPS) is 32.5. The summed E-state index contributed by atoms with van der Waals surface area (Å²) in [5.74, 6) is 1.66. The highest BCUT2D eigenvalue weighted by atomic mass is 35.5. The zero-order valence-corrected chi connectivity index (χ0v) is 9.97. The van der Waals surface area contributed by atoms with E-state index in [-0.39, 0.29) is 0 Å². The minimum Gasteiger partial charge on any atom is -0.122 e. The molecule has 0 amide bonds. The molecule has 0 N–H and O–H groups in total. The Bertz CT molecular complexity index is 399. The molecule has 3 rings (SSSR count). The van der Waals surface area contributed by atoms with Gasteiger partial charge in [0.25, 0.3) is 0 Å². The largest absolute Gasteiger partial charge is 0.122 e. The molecule has 0 radical (unpaired) electrons. The van der Waals surface area contributed by atoms with Gasteiger partial charge in [0.15, 0.2) is 0 Å². The Kier molecular flexibility index (Phi) is 2.53. The summed E-state index contributed by atoms with van der Waals surface area (Å²) in [5.41, 5.74) is 0. The molecule has 3 atom stereocenters. The molecule has 0 spiro atoms. The van der Waals surface area contributed by atoms with E-state index in [1.165, 1.54) is 17.7 Å². The quantitative estimate of drug-likeness (QED) is 0.686.